The van der Waals surface area contributed by atoms with Crippen molar-refractivity contribution in [3.05, 3.63) is 81.7 Å². The summed E-state index contributed by atoms with van der Waals surface area (Å²) in [6, 6.07) is 13.9. The third kappa shape index (κ3) is 5.14. The topological polar surface area (TPSA) is 88.9 Å². The summed E-state index contributed by atoms with van der Waals surface area (Å²) in [7, 11) is 1.59. The molecule has 0 radical (unpaired) electrons. The van der Waals surface area contributed by atoms with Crippen LogP contribution in [0.2, 0.25) is 0 Å². The molecule has 0 aliphatic rings. The monoisotopic (exact) mass is 464 g/mol. The molecule has 0 unspecified atom stereocenters. The van der Waals surface area contributed by atoms with Crippen molar-refractivity contribution < 1.29 is 9.13 Å². The van der Waals surface area contributed by atoms with Crippen LogP contribution in [0.1, 0.15) is 44.1 Å². The van der Waals surface area contributed by atoms with Crippen LogP contribution in [0.4, 0.5) is 4.39 Å². The van der Waals surface area contributed by atoms with Gasteiger partial charge in [0.25, 0.3) is 5.56 Å². The molecule has 0 aliphatic heterocycles. The molecule has 4 rings (SSSR count). The number of aromatic amines is 1. The van der Waals surface area contributed by atoms with E-state index in [4.69, 9.17) is 4.74 Å². The third-order valence-corrected chi connectivity index (χ3v) is 6.18. The quantitative estimate of drug-likeness (QED) is 0.403. The van der Waals surface area contributed by atoms with Crippen molar-refractivity contribution in [2.45, 2.75) is 52.4 Å². The molecule has 0 fully saturated rings. The van der Waals surface area contributed by atoms with Gasteiger partial charge in [0.2, 0.25) is 0 Å². The van der Waals surface area contributed by atoms with Gasteiger partial charge < -0.3 is 9.72 Å². The molecule has 0 atom stereocenters. The molecule has 0 amide bonds. The van der Waals surface area contributed by atoms with Crippen LogP contribution in [-0.2, 0) is 25.2 Å². The van der Waals surface area contributed by atoms with E-state index in [-0.39, 0.29) is 16.9 Å². The maximum absolute atomic E-state index is 13.5. The number of methoxy groups -OCH3 is 1. The van der Waals surface area contributed by atoms with Crippen LogP contribution in [0, 0.1) is 5.82 Å². The van der Waals surface area contributed by atoms with Crippen molar-refractivity contribution in [3.63, 3.8) is 0 Å². The molecule has 34 heavy (non-hydrogen) atoms. The number of fused-ring (bicyclic) bond motifs is 1. The number of nitrogens with zero attached hydrogens (tertiary/aromatic N) is 5. The number of hydrogen-bond donors (Lipinski definition) is 1. The zero-order chi connectivity index (χ0) is 24.3. The van der Waals surface area contributed by atoms with Gasteiger partial charge in [0.15, 0.2) is 5.82 Å². The second kappa shape index (κ2) is 9.72. The Balaban J connectivity index is 1.67. The van der Waals surface area contributed by atoms with Gasteiger partial charge in [0, 0.05) is 24.7 Å². The second-order valence-electron chi connectivity index (χ2n) is 9.02. The lowest BCUT2D eigenvalue weighted by Gasteiger charge is -2.27. The summed E-state index contributed by atoms with van der Waals surface area (Å²) in [5.41, 5.74) is 1.84. The van der Waals surface area contributed by atoms with Gasteiger partial charge in [0.1, 0.15) is 11.6 Å². The normalized spacial score (nSPS) is 11.9. The number of aromatic nitrogens is 5. The molecule has 0 saturated heterocycles. The lowest BCUT2D eigenvalue weighted by molar-refractivity contribution is 0.217. The maximum Gasteiger partial charge on any atom is 0.252 e. The number of H-pyrrole nitrogens is 1. The van der Waals surface area contributed by atoms with Gasteiger partial charge in [-0.05, 0) is 72.0 Å². The van der Waals surface area contributed by atoms with E-state index >= 15 is 0 Å². The molecule has 0 aliphatic carbocycles. The predicted octanol–water partition coefficient (Wildman–Crippen LogP) is 4.01. The van der Waals surface area contributed by atoms with E-state index in [2.05, 4.69) is 46.2 Å². The van der Waals surface area contributed by atoms with Gasteiger partial charge in [-0.1, -0.05) is 19.1 Å². The Morgan fingerprint density at radius 2 is 1.85 bits per heavy atom. The van der Waals surface area contributed by atoms with E-state index in [9.17, 15) is 9.18 Å². The van der Waals surface area contributed by atoms with Crippen molar-refractivity contribution >= 4 is 10.9 Å². The minimum absolute atomic E-state index is 0.168. The van der Waals surface area contributed by atoms with E-state index in [1.807, 2.05) is 22.9 Å². The summed E-state index contributed by atoms with van der Waals surface area (Å²) in [5.74, 6) is 1.10. The van der Waals surface area contributed by atoms with Crippen LogP contribution >= 0.6 is 0 Å². The summed E-state index contributed by atoms with van der Waals surface area (Å²) in [6.45, 7) is 7.55. The average molecular weight is 465 g/mol. The molecule has 2 heterocycles. The van der Waals surface area contributed by atoms with Crippen molar-refractivity contribution in [1.82, 2.24) is 30.1 Å². The molecule has 4 aromatic rings. The smallest absolute Gasteiger partial charge is 0.252 e. The highest BCUT2D eigenvalue weighted by molar-refractivity contribution is 5.80. The molecule has 2 aromatic carbocycles. The second-order valence-corrected chi connectivity index (χ2v) is 9.02. The fraction of sp³-hybridized carbons (Fsp3) is 0.360. The molecule has 178 valence electrons. The van der Waals surface area contributed by atoms with Gasteiger partial charge in [-0.25, -0.2) is 9.07 Å². The van der Waals surface area contributed by atoms with Crippen LogP contribution in [0.15, 0.2) is 53.3 Å². The van der Waals surface area contributed by atoms with E-state index in [1.165, 1.54) is 12.1 Å². The van der Waals surface area contributed by atoms with Gasteiger partial charge in [0.05, 0.1) is 24.7 Å². The Bertz CT molecular complexity index is 1330. The van der Waals surface area contributed by atoms with Crippen LogP contribution in [0.3, 0.4) is 0 Å². The highest BCUT2D eigenvalue weighted by Crippen LogP contribution is 2.22. The molecular weight excluding hydrogens is 435 g/mol. The maximum atomic E-state index is 13.5. The fourth-order valence-corrected chi connectivity index (χ4v) is 3.85. The van der Waals surface area contributed by atoms with Crippen LogP contribution in [0.5, 0.6) is 5.75 Å². The number of tetrazole rings is 1. The summed E-state index contributed by atoms with van der Waals surface area (Å²) >= 11 is 0. The highest BCUT2D eigenvalue weighted by Gasteiger charge is 2.25. The first kappa shape index (κ1) is 23.6. The van der Waals surface area contributed by atoms with Crippen molar-refractivity contribution in [2.24, 2.45) is 0 Å². The van der Waals surface area contributed by atoms with Crippen LogP contribution in [0.25, 0.3) is 10.9 Å². The molecule has 1 N–H and O–H groups in total. The molecule has 0 spiro atoms. The number of pyridine rings is 1. The molecule has 8 nitrogen and oxygen atoms in total. The summed E-state index contributed by atoms with van der Waals surface area (Å²) < 4.78 is 20.6. The lowest BCUT2D eigenvalue weighted by atomic mass is 10.0. The number of ether oxygens (including phenoxy) is 1. The first-order valence-electron chi connectivity index (χ1n) is 11.2. The predicted molar refractivity (Wildman–Crippen MR) is 128 cm³/mol. The summed E-state index contributed by atoms with van der Waals surface area (Å²) in [5, 5.41) is 13.3. The number of nitrogens with one attached hydrogen (secondary N) is 1. The number of rotatable bonds is 9. The van der Waals surface area contributed by atoms with E-state index < -0.39 is 0 Å². The molecule has 0 saturated carbocycles. The standard InChI is InChI=1S/C25H29FN6O2/c1-5-25(2,3)32-23(28-29-30-32)16-31(14-17-6-9-20(26)10-7-17)15-19-12-18-8-11-21(34-4)13-22(18)27-24(19)33/h6-13H,5,14-16H2,1-4H3,(H,27,33). The van der Waals surface area contributed by atoms with E-state index in [1.54, 1.807) is 25.3 Å². The van der Waals surface area contributed by atoms with Gasteiger partial charge in [-0.3, -0.25) is 9.69 Å². The van der Waals surface area contributed by atoms with Gasteiger partial charge >= 0.3 is 0 Å². The molecule has 9 heteroatoms. The zero-order valence-electron chi connectivity index (χ0n) is 19.9. The van der Waals surface area contributed by atoms with Gasteiger partial charge in [-0.15, -0.1) is 5.10 Å². The first-order chi connectivity index (χ1) is 16.3. The summed E-state index contributed by atoms with van der Waals surface area (Å²) in [4.78, 5) is 18.0. The Kier molecular flexibility index (Phi) is 6.74. The van der Waals surface area contributed by atoms with Crippen molar-refractivity contribution in [1.29, 1.82) is 0 Å². The Morgan fingerprint density at radius 1 is 1.09 bits per heavy atom. The minimum Gasteiger partial charge on any atom is -0.497 e. The highest BCUT2D eigenvalue weighted by atomic mass is 19.1. The third-order valence-electron chi connectivity index (χ3n) is 6.18. The van der Waals surface area contributed by atoms with Crippen molar-refractivity contribution in [2.75, 3.05) is 7.11 Å². The van der Waals surface area contributed by atoms with Crippen molar-refractivity contribution in [3.8, 4) is 5.75 Å². The Hall–Kier alpha value is -3.59. The zero-order valence-corrected chi connectivity index (χ0v) is 19.9. The van der Waals surface area contributed by atoms with Crippen LogP contribution in [-0.4, -0.2) is 37.2 Å². The first-order valence-corrected chi connectivity index (χ1v) is 11.2. The SMILES string of the molecule is CCC(C)(C)n1nnnc1CN(Cc1ccc(F)cc1)Cc1cc2ccc(OC)cc2[nH]c1=O. The fourth-order valence-electron chi connectivity index (χ4n) is 3.85. The van der Waals surface area contributed by atoms with E-state index in [0.29, 0.717) is 42.3 Å². The van der Waals surface area contributed by atoms with Crippen LogP contribution < -0.4 is 10.3 Å². The van der Waals surface area contributed by atoms with E-state index in [0.717, 1.165) is 17.4 Å². The number of hydrogen-bond acceptors (Lipinski definition) is 6. The Labute approximate surface area is 197 Å². The summed E-state index contributed by atoms with van der Waals surface area (Å²) in [6.07, 6.45) is 0.858. The molecule has 0 bridgehead atoms. The largest absolute Gasteiger partial charge is 0.497 e. The Morgan fingerprint density at radius 3 is 2.56 bits per heavy atom. The lowest BCUT2D eigenvalue weighted by Crippen LogP contribution is -2.32. The minimum atomic E-state index is -0.287. The van der Waals surface area contributed by atoms with Gasteiger partial charge in [-0.2, -0.15) is 0 Å². The number of halogens is 1. The molecule has 2 aromatic heterocycles. The molecular formula is C25H29FN6O2. The number of benzene rings is 2. The average Bonchev–Trinajstić information content (AvgIpc) is 3.29.